The molecule has 298 valence electrons. The van der Waals surface area contributed by atoms with E-state index in [9.17, 15) is 22.8 Å². The van der Waals surface area contributed by atoms with Crippen molar-refractivity contribution in [1.82, 2.24) is 24.9 Å². The molecule has 1 unspecified atom stereocenters. The number of likely N-dealkylation sites (N-methyl/N-ethyl adjacent to an activating group) is 1. The number of ether oxygens (including phenoxy) is 2. The second-order valence-corrected chi connectivity index (χ2v) is 14.1. The van der Waals surface area contributed by atoms with E-state index in [2.05, 4.69) is 22.3 Å². The van der Waals surface area contributed by atoms with Gasteiger partial charge in [0, 0.05) is 70.1 Å². The van der Waals surface area contributed by atoms with Gasteiger partial charge in [-0.15, -0.1) is 0 Å². The van der Waals surface area contributed by atoms with Crippen molar-refractivity contribution >= 4 is 23.4 Å². The van der Waals surface area contributed by atoms with E-state index in [1.807, 2.05) is 65.7 Å². The third-order valence-electron chi connectivity index (χ3n) is 10.1. The maximum Gasteiger partial charge on any atom is 0.416 e. The van der Waals surface area contributed by atoms with Crippen LogP contribution in [-0.4, -0.2) is 103 Å². The molecule has 2 amide bonds. The van der Waals surface area contributed by atoms with E-state index in [-0.39, 0.29) is 18.7 Å². The number of morpholine rings is 1. The van der Waals surface area contributed by atoms with Gasteiger partial charge in [0.2, 0.25) is 5.88 Å². The van der Waals surface area contributed by atoms with Crippen molar-refractivity contribution in [3.63, 3.8) is 0 Å². The van der Waals surface area contributed by atoms with Gasteiger partial charge in [-0.1, -0.05) is 60.7 Å². The number of benzene rings is 3. The summed E-state index contributed by atoms with van der Waals surface area (Å²) in [5, 5.41) is 3.58. The molecule has 1 N–H and O–H groups in total. The Morgan fingerprint density at radius 1 is 0.895 bits per heavy atom. The van der Waals surface area contributed by atoms with Crippen LogP contribution in [0.15, 0.2) is 131 Å². The van der Waals surface area contributed by atoms with Gasteiger partial charge < -0.3 is 29.0 Å². The number of hydrogen-bond donors (Lipinski definition) is 1. The smallest absolute Gasteiger partial charge is 0.416 e. The fourth-order valence-electron chi connectivity index (χ4n) is 6.99. The molecule has 11 nitrogen and oxygen atoms in total. The highest BCUT2D eigenvalue weighted by atomic mass is 19.4. The molecule has 1 aromatic heterocycles. The number of amides is 2. The number of nitrogens with zero attached hydrogens (tertiary/aromatic N) is 5. The third kappa shape index (κ3) is 9.94. The van der Waals surface area contributed by atoms with Gasteiger partial charge in [0.05, 0.1) is 48.6 Å². The van der Waals surface area contributed by atoms with Crippen LogP contribution in [0.5, 0.6) is 0 Å². The Morgan fingerprint density at radius 2 is 1.61 bits per heavy atom. The predicted molar refractivity (Wildman–Crippen MR) is 209 cm³/mol. The minimum absolute atomic E-state index is 0.112. The second-order valence-electron chi connectivity index (χ2n) is 14.1. The Kier molecular flexibility index (Phi) is 12.4. The van der Waals surface area contributed by atoms with Crippen LogP contribution in [0.3, 0.4) is 0 Å². The van der Waals surface area contributed by atoms with Gasteiger partial charge in [-0.2, -0.15) is 13.2 Å². The topological polar surface area (TPSA) is 103 Å². The molecule has 3 aliphatic rings. The molecule has 14 heteroatoms. The van der Waals surface area contributed by atoms with Crippen LogP contribution in [0.4, 0.5) is 18.0 Å². The Bertz CT molecular complexity index is 2070. The molecule has 0 spiro atoms. The average molecular weight is 783 g/mol. The molecule has 0 radical (unpaired) electrons. The van der Waals surface area contributed by atoms with Crippen LogP contribution in [0.2, 0.25) is 0 Å². The van der Waals surface area contributed by atoms with Gasteiger partial charge in [-0.05, 0) is 48.4 Å². The van der Waals surface area contributed by atoms with Crippen LogP contribution >= 0.6 is 0 Å². The normalized spacial score (nSPS) is 17.1. The number of carbonyl (C=O) groups excluding carboxylic acids is 2. The van der Waals surface area contributed by atoms with E-state index in [1.165, 1.54) is 4.90 Å². The van der Waals surface area contributed by atoms with Crippen molar-refractivity contribution in [1.29, 1.82) is 0 Å². The van der Waals surface area contributed by atoms with E-state index < -0.39 is 29.9 Å². The Balaban J connectivity index is 1.14. The minimum Gasteiger partial charge on any atom is -0.469 e. The van der Waals surface area contributed by atoms with Crippen molar-refractivity contribution in [3.8, 4) is 0 Å². The lowest BCUT2D eigenvalue weighted by atomic mass is 10.0. The van der Waals surface area contributed by atoms with Crippen molar-refractivity contribution in [2.24, 2.45) is 4.99 Å². The minimum atomic E-state index is -4.51. The number of fused-ring (bicyclic) bond motifs is 1. The fourth-order valence-corrected chi connectivity index (χ4v) is 6.99. The molecule has 1 fully saturated rings. The van der Waals surface area contributed by atoms with Crippen molar-refractivity contribution in [3.05, 3.63) is 149 Å². The zero-order valence-corrected chi connectivity index (χ0v) is 31.7. The number of furan rings is 1. The molecule has 1 saturated heterocycles. The SMILES string of the molecule is CN(CCN(CCCN1CCOCC1)C(=O)OC1=C(Cc2ccco2)NC2C(Cc3ccccc3)=NC(c3ccccc3)=CN12)C(=O)c1ccc(C(F)(F)F)cc1. The largest absolute Gasteiger partial charge is 0.469 e. The Labute approximate surface area is 329 Å². The number of nitrogens with one attached hydrogen (secondary N) is 1. The molecule has 3 aliphatic heterocycles. The number of hydrogen-bond acceptors (Lipinski definition) is 9. The monoisotopic (exact) mass is 782 g/mol. The van der Waals surface area contributed by atoms with Gasteiger partial charge in [-0.25, -0.2) is 4.79 Å². The first-order chi connectivity index (χ1) is 27.6. The van der Waals surface area contributed by atoms with E-state index >= 15 is 0 Å². The Hall–Kier alpha value is -5.86. The number of carbonyl (C=O) groups is 2. The summed E-state index contributed by atoms with van der Waals surface area (Å²) in [5.74, 6) is 0.516. The molecule has 0 saturated carbocycles. The summed E-state index contributed by atoms with van der Waals surface area (Å²) in [6.07, 6.45) is -0.590. The maximum atomic E-state index is 14.4. The molecule has 1 atom stereocenters. The Morgan fingerprint density at radius 3 is 2.30 bits per heavy atom. The molecular formula is C43H45F3N6O5. The van der Waals surface area contributed by atoms with Crippen molar-refractivity contribution < 1.29 is 36.7 Å². The lowest BCUT2D eigenvalue weighted by molar-refractivity contribution is -0.137. The molecule has 0 aliphatic carbocycles. The van der Waals surface area contributed by atoms with E-state index in [1.54, 1.807) is 24.3 Å². The zero-order valence-electron chi connectivity index (χ0n) is 31.7. The summed E-state index contributed by atoms with van der Waals surface area (Å²) in [7, 11) is 1.56. The van der Waals surface area contributed by atoms with Crippen LogP contribution in [-0.2, 0) is 28.5 Å². The summed E-state index contributed by atoms with van der Waals surface area (Å²) in [6.45, 7) is 4.18. The van der Waals surface area contributed by atoms with Crippen LogP contribution in [0, 0.1) is 0 Å². The summed E-state index contributed by atoms with van der Waals surface area (Å²) in [6, 6.07) is 27.6. The summed E-state index contributed by atoms with van der Waals surface area (Å²) in [5.41, 5.74) is 3.43. The molecule has 0 bridgehead atoms. The highest BCUT2D eigenvalue weighted by molar-refractivity contribution is 5.98. The molecule has 7 rings (SSSR count). The molecule has 4 heterocycles. The zero-order chi connectivity index (χ0) is 39.8. The predicted octanol–water partition coefficient (Wildman–Crippen LogP) is 6.87. The van der Waals surface area contributed by atoms with Crippen molar-refractivity contribution in [2.75, 3.05) is 59.5 Å². The van der Waals surface area contributed by atoms with Crippen LogP contribution < -0.4 is 5.32 Å². The molecular weight excluding hydrogens is 738 g/mol. The first-order valence-corrected chi connectivity index (χ1v) is 19.0. The lowest BCUT2D eigenvalue weighted by Crippen LogP contribution is -2.45. The average Bonchev–Trinajstić information content (AvgIpc) is 3.87. The number of rotatable bonds is 14. The quantitative estimate of drug-likeness (QED) is 0.148. The van der Waals surface area contributed by atoms with Gasteiger partial charge in [-0.3, -0.25) is 19.6 Å². The first-order valence-electron chi connectivity index (χ1n) is 19.0. The lowest BCUT2D eigenvalue weighted by Gasteiger charge is -2.32. The second kappa shape index (κ2) is 17.9. The molecule has 3 aromatic carbocycles. The van der Waals surface area contributed by atoms with E-state index in [0.29, 0.717) is 62.1 Å². The number of alkyl halides is 3. The summed E-state index contributed by atoms with van der Waals surface area (Å²) < 4.78 is 57.1. The van der Waals surface area contributed by atoms with E-state index in [4.69, 9.17) is 18.9 Å². The van der Waals surface area contributed by atoms with Gasteiger partial charge in [0.1, 0.15) is 11.9 Å². The van der Waals surface area contributed by atoms with Gasteiger partial charge in [0.15, 0.2) is 0 Å². The number of halogens is 3. The standard InChI is InChI=1S/C43H45F3N6O5/c1-49(40(53)33-15-17-34(18-16-33)43(44,45)46)21-22-51(20-9-19-50-23-26-55-27-24-50)42(54)57-41-37(29-35-14-8-25-56-35)48-39-36(28-31-10-4-2-5-11-31)47-38(30-52(39)41)32-12-6-3-7-13-32/h2-8,10-18,25,30,39,48H,9,19-24,26-29H2,1H3. The van der Waals surface area contributed by atoms with Crippen LogP contribution in [0.1, 0.15) is 39.2 Å². The third-order valence-corrected chi connectivity index (χ3v) is 10.1. The van der Waals surface area contributed by atoms with E-state index in [0.717, 1.165) is 60.7 Å². The summed E-state index contributed by atoms with van der Waals surface area (Å²) >= 11 is 0. The van der Waals surface area contributed by atoms with Gasteiger partial charge in [0.25, 0.3) is 5.91 Å². The molecule has 4 aromatic rings. The molecule has 57 heavy (non-hydrogen) atoms. The highest BCUT2D eigenvalue weighted by Crippen LogP contribution is 2.34. The summed E-state index contributed by atoms with van der Waals surface area (Å²) in [4.78, 5) is 40.0. The van der Waals surface area contributed by atoms with Crippen LogP contribution in [0.25, 0.3) is 5.70 Å². The van der Waals surface area contributed by atoms with Crippen molar-refractivity contribution in [2.45, 2.75) is 31.6 Å². The first kappa shape index (κ1) is 39.4. The highest BCUT2D eigenvalue weighted by Gasteiger charge is 2.40. The number of allylic oxidation sites excluding steroid dienone is 1. The fraction of sp³-hybridized carbons (Fsp3) is 0.326. The number of aliphatic imine (C=N–C) groups is 1. The maximum absolute atomic E-state index is 14.4. The van der Waals surface area contributed by atoms with Gasteiger partial charge >= 0.3 is 12.3 Å².